The molecule has 0 unspecified atom stereocenters. The minimum Gasteiger partial charge on any atom is -0.459 e. The zero-order valence-electron chi connectivity index (χ0n) is 16.4. The standard InChI is InChI=1S/C19H24N2O7Si/c1-29(2,3)13-7-5-4-6-11(13)18(25)27-10-12-15(23)16(24)17(28-12)21-9-8-14(22)20-19(21)26/h4-9,12,15-17,23-24H,10H2,1-3H3,(H,20,22,26)/t12-,15-,16-,17-/m1/s1. The van der Waals surface area contributed by atoms with Crippen molar-refractivity contribution in [3.8, 4) is 0 Å². The number of aliphatic hydroxyl groups excluding tert-OH is 2. The summed E-state index contributed by atoms with van der Waals surface area (Å²) in [6.45, 7) is 6.05. The topological polar surface area (TPSA) is 131 Å². The Morgan fingerprint density at radius 3 is 2.52 bits per heavy atom. The Bertz CT molecular complexity index is 1010. The largest absolute Gasteiger partial charge is 0.459 e. The summed E-state index contributed by atoms with van der Waals surface area (Å²) >= 11 is 0. The lowest BCUT2D eigenvalue weighted by Gasteiger charge is -2.21. The number of hydrogen-bond donors (Lipinski definition) is 3. The Morgan fingerprint density at radius 2 is 1.86 bits per heavy atom. The molecule has 2 heterocycles. The predicted molar refractivity (Wildman–Crippen MR) is 107 cm³/mol. The van der Waals surface area contributed by atoms with E-state index >= 15 is 0 Å². The van der Waals surface area contributed by atoms with Crippen molar-refractivity contribution in [2.45, 2.75) is 44.2 Å². The van der Waals surface area contributed by atoms with Crippen LogP contribution in [0.4, 0.5) is 0 Å². The highest BCUT2D eigenvalue weighted by molar-refractivity contribution is 6.89. The molecule has 0 radical (unpaired) electrons. The summed E-state index contributed by atoms with van der Waals surface area (Å²) in [6, 6.07) is 8.33. The molecule has 29 heavy (non-hydrogen) atoms. The lowest BCUT2D eigenvalue weighted by atomic mass is 10.1. The lowest BCUT2D eigenvalue weighted by Crippen LogP contribution is -2.42. The van der Waals surface area contributed by atoms with Crippen LogP contribution in [0.2, 0.25) is 19.6 Å². The van der Waals surface area contributed by atoms with Crippen molar-refractivity contribution in [2.75, 3.05) is 6.61 Å². The maximum Gasteiger partial charge on any atom is 0.338 e. The van der Waals surface area contributed by atoms with Gasteiger partial charge in [0.1, 0.15) is 24.9 Å². The second-order valence-electron chi connectivity index (χ2n) is 7.96. The molecule has 1 fully saturated rings. The van der Waals surface area contributed by atoms with Gasteiger partial charge in [-0.2, -0.15) is 0 Å². The molecule has 1 saturated heterocycles. The third kappa shape index (κ3) is 4.40. The molecule has 0 amide bonds. The summed E-state index contributed by atoms with van der Waals surface area (Å²) < 4.78 is 11.9. The van der Waals surface area contributed by atoms with Crippen molar-refractivity contribution in [3.63, 3.8) is 0 Å². The number of benzene rings is 1. The van der Waals surface area contributed by atoms with Crippen LogP contribution in [-0.2, 0) is 9.47 Å². The molecule has 0 bridgehead atoms. The fraction of sp³-hybridized carbons (Fsp3) is 0.421. The van der Waals surface area contributed by atoms with Gasteiger partial charge in [0.15, 0.2) is 6.23 Å². The Morgan fingerprint density at radius 1 is 1.17 bits per heavy atom. The van der Waals surface area contributed by atoms with Crippen LogP contribution in [-0.4, -0.2) is 58.7 Å². The Kier molecular flexibility index (Phi) is 5.89. The third-order valence-corrected chi connectivity index (χ3v) is 6.85. The second-order valence-corrected chi connectivity index (χ2v) is 13.0. The maximum absolute atomic E-state index is 12.6. The first-order chi connectivity index (χ1) is 13.6. The number of aliphatic hydroxyl groups is 2. The van der Waals surface area contributed by atoms with E-state index in [0.717, 1.165) is 15.8 Å². The normalized spacial score (nSPS) is 24.4. The van der Waals surface area contributed by atoms with Crippen LogP contribution in [0.5, 0.6) is 0 Å². The number of rotatable bonds is 5. The van der Waals surface area contributed by atoms with Gasteiger partial charge in [-0.1, -0.05) is 37.8 Å². The highest BCUT2D eigenvalue weighted by Crippen LogP contribution is 2.28. The number of aromatic amines is 1. The number of aromatic nitrogens is 2. The van der Waals surface area contributed by atoms with Gasteiger partial charge in [0.05, 0.1) is 13.6 Å². The first-order valence-corrected chi connectivity index (χ1v) is 12.7. The lowest BCUT2D eigenvalue weighted by molar-refractivity contribution is -0.0598. The van der Waals surface area contributed by atoms with Gasteiger partial charge in [0.25, 0.3) is 5.56 Å². The minimum absolute atomic E-state index is 0.300. The predicted octanol–water partition coefficient (Wildman–Crippen LogP) is -0.442. The molecule has 9 nitrogen and oxygen atoms in total. The molecule has 0 spiro atoms. The highest BCUT2D eigenvalue weighted by atomic mass is 28.3. The van der Waals surface area contributed by atoms with Crippen molar-refractivity contribution >= 4 is 19.2 Å². The van der Waals surface area contributed by atoms with Crippen molar-refractivity contribution < 1.29 is 24.5 Å². The van der Waals surface area contributed by atoms with Crippen LogP contribution in [0, 0.1) is 0 Å². The number of nitrogens with zero attached hydrogens (tertiary/aromatic N) is 1. The van der Waals surface area contributed by atoms with Crippen LogP contribution in [0.1, 0.15) is 16.6 Å². The average Bonchev–Trinajstić information content (AvgIpc) is 2.94. The zero-order chi connectivity index (χ0) is 21.3. The first-order valence-electron chi connectivity index (χ1n) is 9.19. The molecule has 1 aromatic carbocycles. The van der Waals surface area contributed by atoms with Gasteiger partial charge in [-0.25, -0.2) is 9.59 Å². The third-order valence-electron chi connectivity index (χ3n) is 4.80. The number of carbonyl (C=O) groups excluding carboxylic acids is 1. The summed E-state index contributed by atoms with van der Waals surface area (Å²) in [5.74, 6) is -0.544. The van der Waals surface area contributed by atoms with Gasteiger partial charge >= 0.3 is 11.7 Å². The van der Waals surface area contributed by atoms with E-state index < -0.39 is 49.8 Å². The van der Waals surface area contributed by atoms with E-state index in [9.17, 15) is 24.6 Å². The Balaban J connectivity index is 1.73. The minimum atomic E-state index is -1.78. The summed E-state index contributed by atoms with van der Waals surface area (Å²) in [4.78, 5) is 37.8. The summed E-state index contributed by atoms with van der Waals surface area (Å²) in [7, 11) is -1.78. The van der Waals surface area contributed by atoms with E-state index in [2.05, 4.69) is 24.6 Å². The smallest absolute Gasteiger partial charge is 0.338 e. The number of ether oxygens (including phenoxy) is 2. The first kappa shape index (κ1) is 21.2. The molecule has 156 valence electrons. The van der Waals surface area contributed by atoms with Crippen LogP contribution in [0.25, 0.3) is 0 Å². The summed E-state index contributed by atoms with van der Waals surface area (Å²) in [6.07, 6.45) is -3.89. The van der Waals surface area contributed by atoms with Gasteiger partial charge in [-0.05, 0) is 11.3 Å². The molecule has 1 aromatic heterocycles. The van der Waals surface area contributed by atoms with Gasteiger partial charge in [-0.15, -0.1) is 0 Å². The molecule has 1 aliphatic rings. The maximum atomic E-state index is 12.6. The Hall–Kier alpha value is -2.53. The highest BCUT2D eigenvalue weighted by Gasteiger charge is 2.44. The number of H-pyrrole nitrogens is 1. The van der Waals surface area contributed by atoms with E-state index in [1.54, 1.807) is 12.1 Å². The van der Waals surface area contributed by atoms with Crippen molar-refractivity contribution in [3.05, 3.63) is 62.9 Å². The van der Waals surface area contributed by atoms with Gasteiger partial charge in [0, 0.05) is 12.3 Å². The molecule has 2 aromatic rings. The van der Waals surface area contributed by atoms with Gasteiger partial charge in [0.2, 0.25) is 0 Å². The molecular formula is C19H24N2O7Si. The number of esters is 1. The molecule has 0 saturated carbocycles. The molecular weight excluding hydrogens is 396 g/mol. The molecule has 10 heteroatoms. The number of hydrogen-bond acceptors (Lipinski definition) is 7. The summed E-state index contributed by atoms with van der Waals surface area (Å²) in [5, 5.41) is 21.5. The van der Waals surface area contributed by atoms with Gasteiger partial charge < -0.3 is 19.7 Å². The van der Waals surface area contributed by atoms with Crippen LogP contribution >= 0.6 is 0 Å². The van der Waals surface area contributed by atoms with E-state index in [4.69, 9.17) is 9.47 Å². The quantitative estimate of drug-likeness (QED) is 0.441. The molecule has 0 aliphatic carbocycles. The summed E-state index contributed by atoms with van der Waals surface area (Å²) in [5.41, 5.74) is -0.908. The van der Waals surface area contributed by atoms with Crippen LogP contribution in [0.15, 0.2) is 46.1 Å². The van der Waals surface area contributed by atoms with Crippen molar-refractivity contribution in [2.24, 2.45) is 0 Å². The SMILES string of the molecule is C[Si](C)(C)c1ccccc1C(=O)OC[C@H]1O[C@@H](n2ccc(=O)[nH]c2=O)[C@H](O)[C@@H]1O. The fourth-order valence-corrected chi connectivity index (χ4v) is 4.86. The van der Waals surface area contributed by atoms with Crippen LogP contribution in [0.3, 0.4) is 0 Å². The molecule has 3 N–H and O–H groups in total. The van der Waals surface area contributed by atoms with E-state index in [0.29, 0.717) is 5.56 Å². The fourth-order valence-electron chi connectivity index (χ4n) is 3.28. The van der Waals surface area contributed by atoms with E-state index in [1.165, 1.54) is 6.20 Å². The molecule has 3 rings (SSSR count). The van der Waals surface area contributed by atoms with E-state index in [1.807, 2.05) is 12.1 Å². The Labute approximate surface area is 167 Å². The molecule has 4 atom stereocenters. The second kappa shape index (κ2) is 8.07. The average molecular weight is 420 g/mol. The van der Waals surface area contributed by atoms with Crippen LogP contribution < -0.4 is 16.4 Å². The monoisotopic (exact) mass is 420 g/mol. The number of nitrogens with one attached hydrogen (secondary N) is 1. The van der Waals surface area contributed by atoms with Crippen molar-refractivity contribution in [1.29, 1.82) is 0 Å². The number of carbonyl (C=O) groups is 1. The van der Waals surface area contributed by atoms with E-state index in [-0.39, 0.29) is 6.61 Å². The van der Waals surface area contributed by atoms with Gasteiger partial charge in [-0.3, -0.25) is 14.3 Å². The zero-order valence-corrected chi connectivity index (χ0v) is 17.4. The van der Waals surface area contributed by atoms with Crippen molar-refractivity contribution in [1.82, 2.24) is 9.55 Å². The molecule has 1 aliphatic heterocycles.